The summed E-state index contributed by atoms with van der Waals surface area (Å²) in [5.74, 6) is 0.436. The molecular formula is C14H27NO. The Hall–Kier alpha value is -0.630. The lowest BCUT2D eigenvalue weighted by molar-refractivity contribution is -0.119. The molecule has 2 heteroatoms. The number of nitrogens with two attached hydrogens (primary N) is 1. The summed E-state index contributed by atoms with van der Waals surface area (Å²) in [4.78, 5) is 11.5. The summed E-state index contributed by atoms with van der Waals surface area (Å²) >= 11 is 0. The summed E-state index contributed by atoms with van der Waals surface area (Å²) in [6.07, 6.45) is 12.4. The lowest BCUT2D eigenvalue weighted by atomic mass is 10.0. The van der Waals surface area contributed by atoms with Crippen LogP contribution in [0.5, 0.6) is 0 Å². The van der Waals surface area contributed by atoms with E-state index >= 15 is 0 Å². The van der Waals surface area contributed by atoms with Crippen molar-refractivity contribution < 1.29 is 4.79 Å². The van der Waals surface area contributed by atoms with Gasteiger partial charge in [0.25, 0.3) is 0 Å². The van der Waals surface area contributed by atoms with Gasteiger partial charge in [0.05, 0.1) is 0 Å². The van der Waals surface area contributed by atoms with Crippen molar-refractivity contribution in [2.75, 3.05) is 6.54 Å². The van der Waals surface area contributed by atoms with Crippen molar-refractivity contribution in [3.63, 3.8) is 0 Å². The molecule has 0 aromatic carbocycles. The van der Waals surface area contributed by atoms with Crippen LogP contribution in [0, 0.1) is 0 Å². The molecule has 0 radical (unpaired) electrons. The van der Waals surface area contributed by atoms with Crippen LogP contribution in [0.1, 0.15) is 64.2 Å². The topological polar surface area (TPSA) is 43.1 Å². The zero-order valence-electron chi connectivity index (χ0n) is 10.5. The van der Waals surface area contributed by atoms with E-state index in [-0.39, 0.29) is 0 Å². The maximum absolute atomic E-state index is 11.5. The predicted molar refractivity (Wildman–Crippen MR) is 70.4 cm³/mol. The largest absolute Gasteiger partial charge is 0.330 e. The molecule has 16 heavy (non-hydrogen) atoms. The minimum Gasteiger partial charge on any atom is -0.330 e. The first-order valence-corrected chi connectivity index (χ1v) is 6.64. The Kier molecular flexibility index (Phi) is 11.9. The van der Waals surface area contributed by atoms with Crippen LogP contribution in [0.25, 0.3) is 0 Å². The molecule has 0 aliphatic heterocycles. The van der Waals surface area contributed by atoms with Crippen LogP contribution >= 0.6 is 0 Å². The fourth-order valence-corrected chi connectivity index (χ4v) is 1.73. The highest BCUT2D eigenvalue weighted by Crippen LogP contribution is 2.08. The van der Waals surface area contributed by atoms with Gasteiger partial charge in [-0.1, -0.05) is 25.3 Å². The van der Waals surface area contributed by atoms with Gasteiger partial charge in [0, 0.05) is 12.8 Å². The van der Waals surface area contributed by atoms with Crippen molar-refractivity contribution in [3.8, 4) is 0 Å². The van der Waals surface area contributed by atoms with Gasteiger partial charge in [0.15, 0.2) is 0 Å². The van der Waals surface area contributed by atoms with Crippen LogP contribution in [0.4, 0.5) is 0 Å². The third kappa shape index (κ3) is 11.4. The van der Waals surface area contributed by atoms with E-state index in [0.717, 1.165) is 57.9 Å². The Morgan fingerprint density at radius 1 is 0.938 bits per heavy atom. The molecule has 94 valence electrons. The minimum atomic E-state index is 0.436. The first kappa shape index (κ1) is 15.4. The molecule has 0 atom stereocenters. The molecule has 0 aromatic rings. The van der Waals surface area contributed by atoms with Crippen molar-refractivity contribution in [1.29, 1.82) is 0 Å². The molecule has 0 amide bonds. The number of carbonyl (C=O) groups is 1. The summed E-state index contributed by atoms with van der Waals surface area (Å²) in [6, 6.07) is 0. The monoisotopic (exact) mass is 225 g/mol. The van der Waals surface area contributed by atoms with Crippen LogP contribution < -0.4 is 5.73 Å². The number of hydrogen-bond donors (Lipinski definition) is 1. The first-order chi connectivity index (χ1) is 7.81. The van der Waals surface area contributed by atoms with E-state index in [1.807, 2.05) is 6.08 Å². The van der Waals surface area contributed by atoms with E-state index in [0.29, 0.717) is 5.78 Å². The smallest absolute Gasteiger partial charge is 0.132 e. The number of carbonyl (C=O) groups excluding carboxylic acids is 1. The summed E-state index contributed by atoms with van der Waals surface area (Å²) in [5.41, 5.74) is 5.40. The van der Waals surface area contributed by atoms with Crippen molar-refractivity contribution in [3.05, 3.63) is 12.7 Å². The fourth-order valence-electron chi connectivity index (χ4n) is 1.73. The average Bonchev–Trinajstić information content (AvgIpc) is 2.28. The molecule has 0 heterocycles. The Bertz CT molecular complexity index is 178. The fraction of sp³-hybridized carbons (Fsp3) is 0.786. The number of allylic oxidation sites excluding steroid dienone is 1. The number of unbranched alkanes of at least 4 members (excludes halogenated alkanes) is 6. The highest BCUT2D eigenvalue weighted by Gasteiger charge is 2.01. The quantitative estimate of drug-likeness (QED) is 0.407. The molecule has 0 fully saturated rings. The molecule has 0 bridgehead atoms. The van der Waals surface area contributed by atoms with E-state index in [4.69, 9.17) is 5.73 Å². The second kappa shape index (κ2) is 12.4. The van der Waals surface area contributed by atoms with Gasteiger partial charge in [-0.2, -0.15) is 0 Å². The molecule has 0 aliphatic carbocycles. The molecule has 2 N–H and O–H groups in total. The van der Waals surface area contributed by atoms with Crippen molar-refractivity contribution in [2.45, 2.75) is 64.2 Å². The molecule has 2 nitrogen and oxygen atoms in total. The summed E-state index contributed by atoms with van der Waals surface area (Å²) in [6.45, 7) is 4.46. The second-order valence-corrected chi connectivity index (χ2v) is 4.38. The Labute approximate surface area is 100 Å². The van der Waals surface area contributed by atoms with E-state index in [1.165, 1.54) is 12.8 Å². The predicted octanol–water partition coefficient (Wildman–Crippen LogP) is 3.60. The summed E-state index contributed by atoms with van der Waals surface area (Å²) < 4.78 is 0. The molecule has 0 unspecified atom stereocenters. The van der Waals surface area contributed by atoms with E-state index < -0.39 is 0 Å². The third-order valence-corrected chi connectivity index (χ3v) is 2.77. The van der Waals surface area contributed by atoms with Gasteiger partial charge in [-0.25, -0.2) is 0 Å². The van der Waals surface area contributed by atoms with E-state index in [2.05, 4.69) is 6.58 Å². The van der Waals surface area contributed by atoms with Crippen molar-refractivity contribution in [1.82, 2.24) is 0 Å². The second-order valence-electron chi connectivity index (χ2n) is 4.38. The highest BCUT2D eigenvalue weighted by molar-refractivity contribution is 5.78. The van der Waals surface area contributed by atoms with Crippen LogP contribution in [-0.2, 0) is 4.79 Å². The maximum Gasteiger partial charge on any atom is 0.132 e. The van der Waals surface area contributed by atoms with Crippen LogP contribution in [0.15, 0.2) is 12.7 Å². The average molecular weight is 225 g/mol. The lowest BCUT2D eigenvalue weighted by Gasteiger charge is -2.01. The number of Topliss-reactive ketones (excluding diaryl/α,β-unsaturated/α-hetero) is 1. The molecular weight excluding hydrogens is 198 g/mol. The molecule has 0 aliphatic rings. The Morgan fingerprint density at radius 2 is 1.50 bits per heavy atom. The molecule has 0 saturated carbocycles. The van der Waals surface area contributed by atoms with Gasteiger partial charge >= 0.3 is 0 Å². The van der Waals surface area contributed by atoms with Crippen LogP contribution in [0.2, 0.25) is 0 Å². The minimum absolute atomic E-state index is 0.436. The lowest BCUT2D eigenvalue weighted by Crippen LogP contribution is -1.99. The van der Waals surface area contributed by atoms with Crippen molar-refractivity contribution >= 4 is 5.78 Å². The molecule has 0 rings (SSSR count). The van der Waals surface area contributed by atoms with Crippen LogP contribution in [-0.4, -0.2) is 12.3 Å². The number of ketones is 1. The normalized spacial score (nSPS) is 10.3. The summed E-state index contributed by atoms with van der Waals surface area (Å²) in [5, 5.41) is 0. The van der Waals surface area contributed by atoms with Gasteiger partial charge in [-0.15, -0.1) is 6.58 Å². The van der Waals surface area contributed by atoms with E-state index in [1.54, 1.807) is 0 Å². The van der Waals surface area contributed by atoms with Gasteiger partial charge in [-0.3, -0.25) is 4.79 Å². The third-order valence-electron chi connectivity index (χ3n) is 2.77. The molecule has 0 saturated heterocycles. The van der Waals surface area contributed by atoms with Gasteiger partial charge < -0.3 is 5.73 Å². The van der Waals surface area contributed by atoms with E-state index in [9.17, 15) is 4.79 Å². The van der Waals surface area contributed by atoms with Gasteiger partial charge in [-0.05, 0) is 38.6 Å². The SMILES string of the molecule is C=CCCCCCC(=O)CCCCCCN. The first-order valence-electron chi connectivity index (χ1n) is 6.64. The van der Waals surface area contributed by atoms with Gasteiger partial charge in [0.2, 0.25) is 0 Å². The van der Waals surface area contributed by atoms with Gasteiger partial charge in [0.1, 0.15) is 5.78 Å². The Balaban J connectivity index is 3.15. The number of rotatable bonds is 12. The van der Waals surface area contributed by atoms with Crippen LogP contribution in [0.3, 0.4) is 0 Å². The zero-order valence-corrected chi connectivity index (χ0v) is 10.5. The molecule has 0 spiro atoms. The standard InChI is InChI=1S/C14H27NO/c1-2-3-4-5-8-11-14(16)12-9-6-7-10-13-15/h2H,1,3-13,15H2. The Morgan fingerprint density at radius 3 is 2.06 bits per heavy atom. The summed E-state index contributed by atoms with van der Waals surface area (Å²) in [7, 11) is 0. The molecule has 0 aromatic heterocycles. The van der Waals surface area contributed by atoms with Crippen molar-refractivity contribution in [2.24, 2.45) is 5.73 Å². The maximum atomic E-state index is 11.5. The highest BCUT2D eigenvalue weighted by atomic mass is 16.1. The zero-order chi connectivity index (χ0) is 12.1. The number of hydrogen-bond acceptors (Lipinski definition) is 2.